The average molecular weight is 336 g/mol. The first kappa shape index (κ1) is 15.4. The molecule has 0 radical (unpaired) electrons. The number of carbonyl (C=O) groups is 2. The molecule has 2 aliphatic heterocycles. The fraction of sp³-hybridized carbons (Fsp3) is 0.200. The molecule has 0 fully saturated rings. The molecule has 0 amide bonds. The molecule has 126 valence electrons. The zero-order chi connectivity index (χ0) is 17.6. The summed E-state index contributed by atoms with van der Waals surface area (Å²) in [5.41, 5.74) is 2.49. The number of esters is 1. The Morgan fingerprint density at radius 1 is 1.16 bits per heavy atom. The van der Waals surface area contributed by atoms with E-state index in [-0.39, 0.29) is 35.4 Å². The first-order chi connectivity index (χ1) is 12.0. The second-order valence-electron chi connectivity index (χ2n) is 6.21. The van der Waals surface area contributed by atoms with Crippen LogP contribution in [0.1, 0.15) is 40.7 Å². The van der Waals surface area contributed by atoms with Crippen LogP contribution in [0.4, 0.5) is 0 Å². The van der Waals surface area contributed by atoms with Gasteiger partial charge in [0.1, 0.15) is 23.9 Å². The monoisotopic (exact) mass is 336 g/mol. The maximum absolute atomic E-state index is 12.0. The summed E-state index contributed by atoms with van der Waals surface area (Å²) in [6, 6.07) is 10.7. The van der Waals surface area contributed by atoms with E-state index in [0.717, 1.165) is 16.9 Å². The number of ketones is 1. The van der Waals surface area contributed by atoms with Crippen LogP contribution in [0.15, 0.2) is 42.0 Å². The molecule has 25 heavy (non-hydrogen) atoms. The van der Waals surface area contributed by atoms with Crippen LogP contribution in [0.5, 0.6) is 17.2 Å². The lowest BCUT2D eigenvalue weighted by molar-refractivity contribution is -0.135. The fourth-order valence-corrected chi connectivity index (χ4v) is 3.38. The normalized spacial score (nSPS) is 18.4. The standard InChI is InChI=1S/C20H16O5/c1-11(21)14-6-7-17-19(20(14)23)15(9-18(22)25-17)13-8-12-4-2-3-5-16(12)24-10-13/h2-8,15,23H,9-10H2,1H3. The van der Waals surface area contributed by atoms with Crippen LogP contribution in [0.2, 0.25) is 0 Å². The summed E-state index contributed by atoms with van der Waals surface area (Å²) >= 11 is 0. The van der Waals surface area contributed by atoms with Crippen molar-refractivity contribution in [1.82, 2.24) is 0 Å². The minimum atomic E-state index is -0.385. The molecular formula is C20H16O5. The van der Waals surface area contributed by atoms with Crippen molar-refractivity contribution in [3.63, 3.8) is 0 Å². The third kappa shape index (κ3) is 2.58. The predicted molar refractivity (Wildman–Crippen MR) is 91.0 cm³/mol. The van der Waals surface area contributed by atoms with E-state index in [4.69, 9.17) is 9.47 Å². The van der Waals surface area contributed by atoms with Crippen molar-refractivity contribution >= 4 is 17.8 Å². The first-order valence-corrected chi connectivity index (χ1v) is 8.04. The van der Waals surface area contributed by atoms with Gasteiger partial charge >= 0.3 is 5.97 Å². The van der Waals surface area contributed by atoms with Crippen LogP contribution in [-0.4, -0.2) is 23.5 Å². The molecule has 1 N–H and O–H groups in total. The molecule has 0 spiro atoms. The van der Waals surface area contributed by atoms with E-state index in [1.54, 1.807) is 6.07 Å². The van der Waals surface area contributed by atoms with Gasteiger partial charge in [0.05, 0.1) is 12.0 Å². The Labute approximate surface area is 144 Å². The smallest absolute Gasteiger partial charge is 0.312 e. The van der Waals surface area contributed by atoms with E-state index in [2.05, 4.69) is 0 Å². The zero-order valence-corrected chi connectivity index (χ0v) is 13.6. The summed E-state index contributed by atoms with van der Waals surface area (Å²) in [5, 5.41) is 10.6. The Bertz CT molecular complexity index is 926. The van der Waals surface area contributed by atoms with Gasteiger partial charge in [-0.3, -0.25) is 9.59 Å². The van der Waals surface area contributed by atoms with Gasteiger partial charge in [-0.1, -0.05) is 18.2 Å². The minimum absolute atomic E-state index is 0.0965. The summed E-state index contributed by atoms with van der Waals surface area (Å²) in [4.78, 5) is 23.8. The number of phenolic OH excluding ortho intramolecular Hbond substituents is 1. The molecule has 0 bridgehead atoms. The van der Waals surface area contributed by atoms with Crippen LogP contribution >= 0.6 is 0 Å². The fourth-order valence-electron chi connectivity index (χ4n) is 3.38. The van der Waals surface area contributed by atoms with Crippen LogP contribution < -0.4 is 9.47 Å². The van der Waals surface area contributed by atoms with Gasteiger partial charge in [-0.25, -0.2) is 0 Å². The van der Waals surface area contributed by atoms with Gasteiger partial charge in [0, 0.05) is 17.0 Å². The van der Waals surface area contributed by atoms with E-state index in [9.17, 15) is 14.7 Å². The molecule has 1 atom stereocenters. The van der Waals surface area contributed by atoms with Crippen molar-refractivity contribution in [3.05, 3.63) is 58.7 Å². The average Bonchev–Trinajstić information content (AvgIpc) is 2.60. The van der Waals surface area contributed by atoms with Crippen molar-refractivity contribution in [1.29, 1.82) is 0 Å². The highest BCUT2D eigenvalue weighted by atomic mass is 16.5. The van der Waals surface area contributed by atoms with Gasteiger partial charge in [-0.05, 0) is 36.8 Å². The second kappa shape index (κ2) is 5.77. The molecule has 2 heterocycles. The van der Waals surface area contributed by atoms with E-state index in [0.29, 0.717) is 17.9 Å². The summed E-state index contributed by atoms with van der Waals surface area (Å²) in [6.07, 6.45) is 2.07. The summed E-state index contributed by atoms with van der Waals surface area (Å²) < 4.78 is 11.0. The Morgan fingerprint density at radius 2 is 1.96 bits per heavy atom. The molecule has 1 unspecified atom stereocenters. The Kier molecular flexibility index (Phi) is 3.57. The quantitative estimate of drug-likeness (QED) is 0.516. The molecule has 2 aromatic rings. The van der Waals surface area contributed by atoms with E-state index < -0.39 is 0 Å². The molecule has 4 rings (SSSR count). The topological polar surface area (TPSA) is 72.8 Å². The number of hydrogen-bond acceptors (Lipinski definition) is 5. The second-order valence-corrected chi connectivity index (χ2v) is 6.21. The van der Waals surface area contributed by atoms with Gasteiger partial charge in [0.2, 0.25) is 0 Å². The summed E-state index contributed by atoms with van der Waals surface area (Å²) in [5.74, 6) is -0.0383. The van der Waals surface area contributed by atoms with E-state index in [1.165, 1.54) is 13.0 Å². The highest BCUT2D eigenvalue weighted by molar-refractivity contribution is 5.98. The van der Waals surface area contributed by atoms with Gasteiger partial charge in [0.15, 0.2) is 5.78 Å². The molecule has 0 saturated heterocycles. The van der Waals surface area contributed by atoms with Crippen LogP contribution in [0.25, 0.3) is 6.08 Å². The lowest BCUT2D eigenvalue weighted by Gasteiger charge is -2.30. The molecule has 2 aromatic carbocycles. The minimum Gasteiger partial charge on any atom is -0.507 e. The third-order valence-corrected chi connectivity index (χ3v) is 4.60. The zero-order valence-electron chi connectivity index (χ0n) is 13.6. The number of carbonyl (C=O) groups excluding carboxylic acids is 2. The van der Waals surface area contributed by atoms with E-state index >= 15 is 0 Å². The SMILES string of the molecule is CC(=O)c1ccc2c(c1O)C(C1=Cc3ccccc3OC1)CC(=O)O2. The van der Waals surface area contributed by atoms with E-state index in [1.807, 2.05) is 30.3 Å². The number of benzene rings is 2. The van der Waals surface area contributed by atoms with Crippen LogP contribution in [-0.2, 0) is 4.79 Å². The van der Waals surface area contributed by atoms with Gasteiger partial charge < -0.3 is 14.6 Å². The van der Waals surface area contributed by atoms with Gasteiger partial charge in [-0.2, -0.15) is 0 Å². The maximum atomic E-state index is 12.0. The molecule has 0 saturated carbocycles. The van der Waals surface area contributed by atoms with Crippen LogP contribution in [0.3, 0.4) is 0 Å². The molecule has 0 aromatic heterocycles. The molecule has 5 heteroatoms. The highest BCUT2D eigenvalue weighted by Gasteiger charge is 2.35. The predicted octanol–water partition coefficient (Wildman–Crippen LogP) is 3.46. The van der Waals surface area contributed by atoms with Crippen LogP contribution in [0, 0.1) is 0 Å². The summed E-state index contributed by atoms with van der Waals surface area (Å²) in [7, 11) is 0. The molecule has 2 aliphatic rings. The summed E-state index contributed by atoms with van der Waals surface area (Å²) in [6.45, 7) is 1.71. The number of hydrogen-bond donors (Lipinski definition) is 1. The molecule has 0 aliphatic carbocycles. The third-order valence-electron chi connectivity index (χ3n) is 4.60. The molecule has 5 nitrogen and oxygen atoms in total. The Balaban J connectivity index is 1.85. The van der Waals surface area contributed by atoms with Crippen molar-refractivity contribution < 1.29 is 24.2 Å². The largest absolute Gasteiger partial charge is 0.507 e. The van der Waals surface area contributed by atoms with Crippen molar-refractivity contribution in [2.24, 2.45) is 0 Å². The number of Topliss-reactive ketones (excluding diaryl/α,β-unsaturated/α-hetero) is 1. The lowest BCUT2D eigenvalue weighted by Crippen LogP contribution is -2.25. The van der Waals surface area contributed by atoms with Gasteiger partial charge in [-0.15, -0.1) is 0 Å². The van der Waals surface area contributed by atoms with Crippen molar-refractivity contribution in [2.75, 3.05) is 6.61 Å². The first-order valence-electron chi connectivity index (χ1n) is 8.04. The number of aromatic hydroxyl groups is 1. The Morgan fingerprint density at radius 3 is 2.76 bits per heavy atom. The Hall–Kier alpha value is -3.08. The molecular weight excluding hydrogens is 320 g/mol. The van der Waals surface area contributed by atoms with Crippen molar-refractivity contribution in [3.8, 4) is 17.2 Å². The maximum Gasteiger partial charge on any atom is 0.312 e. The number of fused-ring (bicyclic) bond motifs is 2. The number of ether oxygens (including phenoxy) is 2. The van der Waals surface area contributed by atoms with Crippen molar-refractivity contribution in [2.45, 2.75) is 19.3 Å². The number of para-hydroxylation sites is 1. The van der Waals surface area contributed by atoms with Gasteiger partial charge in [0.25, 0.3) is 0 Å². The number of phenols is 1. The highest BCUT2D eigenvalue weighted by Crippen LogP contribution is 2.46. The lowest BCUT2D eigenvalue weighted by atomic mass is 9.83. The number of rotatable bonds is 2.